The fourth-order valence-corrected chi connectivity index (χ4v) is 2.43. The number of amides is 1. The first-order chi connectivity index (χ1) is 11.4. The number of nitrogens with one attached hydrogen (secondary N) is 1. The van der Waals surface area contributed by atoms with Gasteiger partial charge in [0, 0.05) is 18.3 Å². The minimum atomic E-state index is -4.61. The van der Waals surface area contributed by atoms with Crippen LogP contribution in [0.5, 0.6) is 0 Å². The number of alkyl halides is 3. The third-order valence-electron chi connectivity index (χ3n) is 3.50. The molecular formula is C15H13F3N4O2. The van der Waals surface area contributed by atoms with E-state index in [0.29, 0.717) is 11.0 Å². The molecule has 9 heteroatoms. The number of carbonyl (C=O) groups is 1. The number of methoxy groups -OCH3 is 1. The molecule has 6 nitrogen and oxygen atoms in total. The van der Waals surface area contributed by atoms with Gasteiger partial charge in [-0.2, -0.15) is 13.2 Å². The van der Waals surface area contributed by atoms with Crippen LogP contribution in [-0.4, -0.2) is 34.1 Å². The van der Waals surface area contributed by atoms with E-state index in [4.69, 9.17) is 0 Å². The van der Waals surface area contributed by atoms with Gasteiger partial charge in [-0.05, 0) is 18.6 Å². The zero-order valence-corrected chi connectivity index (χ0v) is 12.6. The Morgan fingerprint density at radius 2 is 2.04 bits per heavy atom. The second-order valence-electron chi connectivity index (χ2n) is 5.05. The minimum Gasteiger partial charge on any atom is -0.453 e. The van der Waals surface area contributed by atoms with Crippen LogP contribution in [0.15, 0.2) is 30.5 Å². The van der Waals surface area contributed by atoms with Crippen LogP contribution in [0, 0.1) is 0 Å². The number of para-hydroxylation sites is 2. The molecule has 0 aliphatic heterocycles. The van der Waals surface area contributed by atoms with Gasteiger partial charge in [-0.15, -0.1) is 0 Å². The molecule has 0 bridgehead atoms. The number of halogens is 3. The lowest BCUT2D eigenvalue weighted by molar-refractivity contribution is -0.141. The molecule has 0 fully saturated rings. The third-order valence-corrected chi connectivity index (χ3v) is 3.50. The first-order valence-electron chi connectivity index (χ1n) is 7.06. The van der Waals surface area contributed by atoms with Crippen LogP contribution in [-0.2, 0) is 17.3 Å². The van der Waals surface area contributed by atoms with Crippen LogP contribution in [0.4, 0.5) is 18.0 Å². The average molecular weight is 338 g/mol. The van der Waals surface area contributed by atoms with Crippen LogP contribution in [0.3, 0.4) is 0 Å². The van der Waals surface area contributed by atoms with Gasteiger partial charge in [0.2, 0.25) is 5.78 Å². The van der Waals surface area contributed by atoms with Crippen LogP contribution < -0.4 is 5.32 Å². The van der Waals surface area contributed by atoms with E-state index in [1.807, 2.05) is 0 Å². The number of hydrogen-bond donors (Lipinski definition) is 1. The van der Waals surface area contributed by atoms with Crippen molar-refractivity contribution in [2.24, 2.45) is 0 Å². The molecule has 0 saturated carbocycles. The van der Waals surface area contributed by atoms with E-state index in [0.717, 1.165) is 0 Å². The standard InChI is InChI=1S/C15H13F3N4O2/c1-24-14(23)19-7-6-9-8-22-11-5-3-2-4-10(11)20-13(22)21-12(9)15(16,17)18/h2-5,8H,6-7H2,1H3,(H,19,23). The third kappa shape index (κ3) is 2.97. The Kier molecular flexibility index (Phi) is 4.00. The number of aromatic nitrogens is 3. The summed E-state index contributed by atoms with van der Waals surface area (Å²) in [5.41, 5.74) is 0.186. The first-order valence-corrected chi connectivity index (χ1v) is 7.06. The van der Waals surface area contributed by atoms with E-state index in [1.54, 1.807) is 24.3 Å². The molecule has 0 atom stereocenters. The van der Waals surface area contributed by atoms with E-state index in [-0.39, 0.29) is 24.3 Å². The Balaban J connectivity index is 2.06. The molecule has 3 aromatic rings. The van der Waals surface area contributed by atoms with Crippen LogP contribution in [0.2, 0.25) is 0 Å². The van der Waals surface area contributed by atoms with Gasteiger partial charge in [-0.1, -0.05) is 12.1 Å². The number of imidazole rings is 1. The molecule has 0 aliphatic carbocycles. The van der Waals surface area contributed by atoms with Crippen molar-refractivity contribution in [1.82, 2.24) is 19.7 Å². The molecule has 126 valence electrons. The Bertz CT molecular complexity index is 905. The second kappa shape index (κ2) is 5.99. The van der Waals surface area contributed by atoms with Crippen molar-refractivity contribution in [2.45, 2.75) is 12.6 Å². The van der Waals surface area contributed by atoms with Crippen LogP contribution >= 0.6 is 0 Å². The lowest BCUT2D eigenvalue weighted by Crippen LogP contribution is -2.26. The topological polar surface area (TPSA) is 68.5 Å². The maximum Gasteiger partial charge on any atom is 0.433 e. The van der Waals surface area contributed by atoms with Gasteiger partial charge in [-0.3, -0.25) is 4.40 Å². The summed E-state index contributed by atoms with van der Waals surface area (Å²) in [6, 6.07) is 6.98. The normalized spacial score (nSPS) is 11.8. The molecule has 3 rings (SSSR count). The van der Waals surface area contributed by atoms with Gasteiger partial charge >= 0.3 is 12.3 Å². The van der Waals surface area contributed by atoms with E-state index >= 15 is 0 Å². The van der Waals surface area contributed by atoms with Gasteiger partial charge in [0.25, 0.3) is 0 Å². The summed E-state index contributed by atoms with van der Waals surface area (Å²) in [6.45, 7) is -0.00440. The van der Waals surface area contributed by atoms with Crippen LogP contribution in [0.25, 0.3) is 16.8 Å². The molecule has 24 heavy (non-hydrogen) atoms. The van der Waals surface area contributed by atoms with Crippen molar-refractivity contribution in [3.63, 3.8) is 0 Å². The van der Waals surface area contributed by atoms with Crippen molar-refractivity contribution in [2.75, 3.05) is 13.7 Å². The van der Waals surface area contributed by atoms with Gasteiger partial charge in [0.15, 0.2) is 5.69 Å². The monoisotopic (exact) mass is 338 g/mol. The van der Waals surface area contributed by atoms with Crippen molar-refractivity contribution in [3.05, 3.63) is 41.7 Å². The Hall–Kier alpha value is -2.84. The summed E-state index contributed by atoms with van der Waals surface area (Å²) in [5, 5.41) is 2.36. The minimum absolute atomic E-state index is 0.00440. The Labute approximate surface area is 134 Å². The van der Waals surface area contributed by atoms with E-state index in [2.05, 4.69) is 20.0 Å². The van der Waals surface area contributed by atoms with Crippen molar-refractivity contribution in [3.8, 4) is 0 Å². The fraction of sp³-hybridized carbons (Fsp3) is 0.267. The summed E-state index contributed by atoms with van der Waals surface area (Å²) in [5.74, 6) is -0.0202. The van der Waals surface area contributed by atoms with E-state index < -0.39 is 18.0 Å². The molecule has 2 heterocycles. The highest BCUT2D eigenvalue weighted by molar-refractivity contribution is 5.79. The molecule has 1 amide bonds. The maximum atomic E-state index is 13.3. The van der Waals surface area contributed by atoms with Gasteiger partial charge in [0.1, 0.15) is 0 Å². The van der Waals surface area contributed by atoms with Gasteiger partial charge in [0.05, 0.1) is 18.1 Å². The molecule has 2 aromatic heterocycles. The number of fused-ring (bicyclic) bond motifs is 3. The average Bonchev–Trinajstić information content (AvgIpc) is 2.91. The molecule has 1 aromatic carbocycles. The van der Waals surface area contributed by atoms with Gasteiger partial charge in [-0.25, -0.2) is 14.8 Å². The van der Waals surface area contributed by atoms with Crippen molar-refractivity contribution in [1.29, 1.82) is 0 Å². The SMILES string of the molecule is COC(=O)NCCc1cn2c(nc1C(F)(F)F)nc1ccccc12. The number of alkyl carbamates (subject to hydrolysis) is 1. The number of rotatable bonds is 3. The fourth-order valence-electron chi connectivity index (χ4n) is 2.43. The Morgan fingerprint density at radius 1 is 1.29 bits per heavy atom. The van der Waals surface area contributed by atoms with E-state index in [1.165, 1.54) is 17.7 Å². The number of carbonyl (C=O) groups excluding carboxylic acids is 1. The summed E-state index contributed by atoms with van der Waals surface area (Å²) in [6.07, 6.45) is -4.00. The second-order valence-corrected chi connectivity index (χ2v) is 5.05. The predicted molar refractivity (Wildman–Crippen MR) is 79.6 cm³/mol. The summed E-state index contributed by atoms with van der Waals surface area (Å²) in [7, 11) is 1.18. The summed E-state index contributed by atoms with van der Waals surface area (Å²) in [4.78, 5) is 18.8. The maximum absolute atomic E-state index is 13.3. The number of nitrogens with zero attached hydrogens (tertiary/aromatic N) is 3. The molecular weight excluding hydrogens is 325 g/mol. The predicted octanol–water partition coefficient (Wildman–Crippen LogP) is 2.80. The number of ether oxygens (including phenoxy) is 1. The molecule has 0 radical (unpaired) electrons. The van der Waals surface area contributed by atoms with Gasteiger partial charge < -0.3 is 10.1 Å². The van der Waals surface area contributed by atoms with Crippen molar-refractivity contribution < 1.29 is 22.7 Å². The zero-order chi connectivity index (χ0) is 17.3. The molecule has 0 spiro atoms. The lowest BCUT2D eigenvalue weighted by atomic mass is 10.1. The zero-order valence-electron chi connectivity index (χ0n) is 12.6. The lowest BCUT2D eigenvalue weighted by Gasteiger charge is -2.12. The smallest absolute Gasteiger partial charge is 0.433 e. The highest BCUT2D eigenvalue weighted by Crippen LogP contribution is 2.31. The van der Waals surface area contributed by atoms with E-state index in [9.17, 15) is 18.0 Å². The summed E-state index contributed by atoms with van der Waals surface area (Å²) < 4.78 is 45.7. The molecule has 1 N–H and O–H groups in total. The largest absolute Gasteiger partial charge is 0.453 e. The van der Waals surface area contributed by atoms with Crippen molar-refractivity contribution >= 4 is 22.9 Å². The summed E-state index contributed by atoms with van der Waals surface area (Å²) >= 11 is 0. The first kappa shape index (κ1) is 16.0. The number of benzene rings is 1. The molecule has 0 saturated heterocycles. The molecule has 0 aliphatic rings. The Morgan fingerprint density at radius 3 is 2.75 bits per heavy atom. The quantitative estimate of drug-likeness (QED) is 0.797. The molecule has 0 unspecified atom stereocenters. The van der Waals surface area contributed by atoms with Crippen LogP contribution in [0.1, 0.15) is 11.3 Å². The highest BCUT2D eigenvalue weighted by Gasteiger charge is 2.36. The number of hydrogen-bond acceptors (Lipinski definition) is 4. The highest BCUT2D eigenvalue weighted by atomic mass is 19.4.